The van der Waals surface area contributed by atoms with Crippen LogP contribution >= 0.6 is 45.1 Å². The minimum absolute atomic E-state index is 0. The van der Waals surface area contributed by atoms with E-state index in [1.807, 2.05) is 0 Å². The summed E-state index contributed by atoms with van der Waals surface area (Å²) in [6.07, 6.45) is 10.3. The zero-order valence-electron chi connectivity index (χ0n) is 11.8. The van der Waals surface area contributed by atoms with Gasteiger partial charge in [-0.15, -0.1) is 51.6 Å². The molecule has 0 nitrogen and oxygen atoms in total. The summed E-state index contributed by atoms with van der Waals surface area (Å²) >= 11 is 0. The number of halogens is 3. The van der Waals surface area contributed by atoms with Gasteiger partial charge in [-0.25, -0.2) is 11.6 Å². The van der Waals surface area contributed by atoms with Crippen LogP contribution < -0.4 is 0 Å². The van der Waals surface area contributed by atoms with Crippen LogP contribution in [-0.4, -0.2) is 19.5 Å². The van der Waals surface area contributed by atoms with Gasteiger partial charge in [0.2, 0.25) is 0 Å². The van der Waals surface area contributed by atoms with Crippen LogP contribution in [0.4, 0.5) is 0 Å². The number of hydrogen-bond donors (Lipinski definition) is 0. The average Bonchev–Trinajstić information content (AvgIpc) is 2.49. The van der Waals surface area contributed by atoms with Gasteiger partial charge in [-0.3, -0.25) is 6.08 Å². The van der Waals surface area contributed by atoms with E-state index in [0.717, 1.165) is 6.42 Å². The summed E-state index contributed by atoms with van der Waals surface area (Å²) < 4.78 is 0. The molecule has 0 aromatic rings. The standard InChI is InChI=1S/C13H22P.3ClH.Hf/c1-13(2,3)12(10-14(4)5)11-8-6-7-9-11;;;;/h6,8,12H,7,10H2,1-5H3;3*1H;/q-1;;;;. The second-order valence-corrected chi connectivity index (χ2v) is 7.94. The molecule has 1 unspecified atom stereocenters. The van der Waals surface area contributed by atoms with Crippen LogP contribution in [0.15, 0.2) is 17.7 Å². The van der Waals surface area contributed by atoms with Crippen molar-refractivity contribution in [3.8, 4) is 0 Å². The third-order valence-electron chi connectivity index (χ3n) is 2.69. The molecule has 0 aromatic heterocycles. The molecule has 1 aliphatic carbocycles. The van der Waals surface area contributed by atoms with Crippen molar-refractivity contribution in [2.24, 2.45) is 11.3 Å². The van der Waals surface area contributed by atoms with Crippen molar-refractivity contribution < 1.29 is 25.8 Å². The fourth-order valence-electron chi connectivity index (χ4n) is 1.86. The Kier molecular flexibility index (Phi) is 19.2. The van der Waals surface area contributed by atoms with Crippen molar-refractivity contribution in [1.29, 1.82) is 0 Å². The summed E-state index contributed by atoms with van der Waals surface area (Å²) in [5.41, 5.74) is 1.83. The maximum Gasteiger partial charge on any atom is 0 e. The van der Waals surface area contributed by atoms with E-state index in [1.54, 1.807) is 0 Å². The van der Waals surface area contributed by atoms with Gasteiger partial charge < -0.3 is 0 Å². The fraction of sp³-hybridized carbons (Fsp3) is 0.692. The molecule has 0 spiro atoms. The van der Waals surface area contributed by atoms with Crippen LogP contribution in [0.1, 0.15) is 27.2 Å². The Bertz CT molecular complexity index is 257. The molecular weight excluding hydrogens is 472 g/mol. The monoisotopic (exact) mass is 497 g/mol. The minimum Gasteiger partial charge on any atom is -0.269 e. The van der Waals surface area contributed by atoms with Crippen molar-refractivity contribution >= 4 is 45.1 Å². The van der Waals surface area contributed by atoms with E-state index >= 15 is 0 Å². The van der Waals surface area contributed by atoms with Crippen LogP contribution in [0.3, 0.4) is 0 Å². The summed E-state index contributed by atoms with van der Waals surface area (Å²) in [7, 11) is 0.185. The zero-order chi connectivity index (χ0) is 10.8. The average molecular weight is 497 g/mol. The van der Waals surface area contributed by atoms with Crippen molar-refractivity contribution in [1.82, 2.24) is 0 Å². The predicted octanol–water partition coefficient (Wildman–Crippen LogP) is 5.34. The van der Waals surface area contributed by atoms with E-state index in [-0.39, 0.29) is 71.0 Å². The van der Waals surface area contributed by atoms with E-state index in [9.17, 15) is 0 Å². The Morgan fingerprint density at radius 2 is 1.72 bits per heavy atom. The molecule has 0 saturated heterocycles. The Labute approximate surface area is 152 Å². The van der Waals surface area contributed by atoms with Crippen molar-refractivity contribution in [3.63, 3.8) is 0 Å². The molecule has 0 heterocycles. The molecule has 0 aliphatic heterocycles. The molecule has 0 bridgehead atoms. The summed E-state index contributed by atoms with van der Waals surface area (Å²) in [6.45, 7) is 11.8. The number of allylic oxidation sites excluding steroid dienone is 4. The van der Waals surface area contributed by atoms with Gasteiger partial charge in [0, 0.05) is 25.8 Å². The van der Waals surface area contributed by atoms with Crippen molar-refractivity contribution in [2.75, 3.05) is 19.5 Å². The van der Waals surface area contributed by atoms with Crippen molar-refractivity contribution in [2.45, 2.75) is 27.2 Å². The largest absolute Gasteiger partial charge is 0.269 e. The Hall–Kier alpha value is 1.65. The molecule has 0 radical (unpaired) electrons. The summed E-state index contributed by atoms with van der Waals surface area (Å²) in [4.78, 5) is 0. The van der Waals surface area contributed by atoms with Crippen LogP contribution in [0, 0.1) is 17.4 Å². The van der Waals surface area contributed by atoms with Gasteiger partial charge in [0.05, 0.1) is 0 Å². The first-order valence-electron chi connectivity index (χ1n) is 5.33. The maximum atomic E-state index is 3.48. The Balaban J connectivity index is -0.000000245. The first-order valence-corrected chi connectivity index (χ1v) is 7.75. The van der Waals surface area contributed by atoms with Gasteiger partial charge >= 0.3 is 0 Å². The molecule has 0 amide bonds. The Morgan fingerprint density at radius 1 is 1.22 bits per heavy atom. The van der Waals surface area contributed by atoms with Gasteiger partial charge in [0.15, 0.2) is 0 Å². The maximum absolute atomic E-state index is 3.48. The molecule has 0 N–H and O–H groups in total. The normalized spacial score (nSPS) is 14.7. The first kappa shape index (κ1) is 27.9. The third kappa shape index (κ3) is 9.54. The fourth-order valence-corrected chi connectivity index (χ4v) is 3.34. The smallest absolute Gasteiger partial charge is 0 e. The van der Waals surface area contributed by atoms with Gasteiger partial charge in [-0.1, -0.05) is 20.8 Å². The van der Waals surface area contributed by atoms with Gasteiger partial charge in [-0.05, 0) is 30.8 Å². The van der Waals surface area contributed by atoms with Crippen LogP contribution in [0.5, 0.6) is 0 Å². The van der Waals surface area contributed by atoms with E-state index in [0.29, 0.717) is 11.3 Å². The van der Waals surface area contributed by atoms with Crippen molar-refractivity contribution in [3.05, 3.63) is 23.8 Å². The summed E-state index contributed by atoms with van der Waals surface area (Å²) in [6, 6.07) is 0. The van der Waals surface area contributed by atoms with Gasteiger partial charge in [0.25, 0.3) is 0 Å². The molecule has 5 heteroatoms. The summed E-state index contributed by atoms with van der Waals surface area (Å²) in [5, 5.41) is 0. The molecule has 108 valence electrons. The molecule has 1 rings (SSSR count). The second-order valence-electron chi connectivity index (χ2n) is 5.42. The van der Waals surface area contributed by atoms with Crippen LogP contribution in [0.25, 0.3) is 0 Å². The molecule has 1 aliphatic rings. The molecular formula is C13H25Cl3HfP-. The van der Waals surface area contributed by atoms with E-state index in [4.69, 9.17) is 0 Å². The SMILES string of the molecule is CP(C)CC(C1=[C-]CC=C1)C(C)(C)C.Cl.Cl.Cl.[Hf]. The van der Waals surface area contributed by atoms with Crippen LogP contribution in [-0.2, 0) is 25.8 Å². The van der Waals surface area contributed by atoms with E-state index < -0.39 is 0 Å². The Morgan fingerprint density at radius 3 is 2.00 bits per heavy atom. The molecule has 0 saturated carbocycles. The quantitative estimate of drug-likeness (QED) is 0.281. The van der Waals surface area contributed by atoms with E-state index in [2.05, 4.69) is 52.3 Å². The number of rotatable bonds is 3. The summed E-state index contributed by atoms with van der Waals surface area (Å²) in [5.74, 6) is 0.697. The number of hydrogen-bond acceptors (Lipinski definition) is 0. The van der Waals surface area contributed by atoms with Crippen LogP contribution in [0.2, 0.25) is 0 Å². The minimum atomic E-state index is 0. The first-order chi connectivity index (χ1) is 6.41. The van der Waals surface area contributed by atoms with E-state index in [1.165, 1.54) is 11.7 Å². The predicted molar refractivity (Wildman–Crippen MR) is 88.8 cm³/mol. The third-order valence-corrected chi connectivity index (χ3v) is 3.79. The molecule has 18 heavy (non-hydrogen) atoms. The van der Waals surface area contributed by atoms with Gasteiger partial charge in [-0.2, -0.15) is 6.08 Å². The molecule has 0 fully saturated rings. The molecule has 0 aromatic carbocycles. The van der Waals surface area contributed by atoms with Gasteiger partial charge in [0.1, 0.15) is 0 Å². The molecule has 1 atom stereocenters. The topological polar surface area (TPSA) is 0 Å². The second kappa shape index (κ2) is 12.4. The zero-order valence-corrected chi connectivity index (χ0v) is 18.8.